The Morgan fingerprint density at radius 3 is 2.17 bits per heavy atom. The van der Waals surface area contributed by atoms with Gasteiger partial charge in [-0.3, -0.25) is 19.0 Å². The van der Waals surface area contributed by atoms with E-state index in [0.717, 1.165) is 5.56 Å². The molecule has 13 heteroatoms. The number of nitrogens with zero attached hydrogens (tertiary/aromatic N) is 1. The summed E-state index contributed by atoms with van der Waals surface area (Å²) in [7, 11) is -2.76. The number of aromatic nitrogens is 1. The summed E-state index contributed by atoms with van der Waals surface area (Å²) >= 11 is 9.35. The first-order chi connectivity index (χ1) is 25.9. The number of halogens is 2. The maximum atomic E-state index is 13.9. The summed E-state index contributed by atoms with van der Waals surface area (Å²) < 4.78 is 42.2. The first-order valence-electron chi connectivity index (χ1n) is 16.8. The molecule has 5 aromatic carbocycles. The van der Waals surface area contributed by atoms with Gasteiger partial charge in [-0.05, 0) is 102 Å². The maximum absolute atomic E-state index is 13.9. The number of hydrogen-bond donors (Lipinski definition) is 2. The molecule has 1 atom stereocenters. The van der Waals surface area contributed by atoms with Gasteiger partial charge in [-0.1, -0.05) is 70.0 Å². The molecule has 0 aliphatic heterocycles. The number of carbonyl (C=O) groups is 3. The molecule has 0 saturated carbocycles. The standard InChI is InChI=1S/C41H35BrClN3O7S/c1-26-35(36-23-33(52-2)18-21-38(36)46(26)41(49)29-10-14-31(43)15-11-29)24-39(47)44-37(40(48)45-54(50,51)34-19-12-30(42)13-20-34)22-27-8-16-32(17-9-27)53-25-28-6-4-3-5-7-28/h3-21,23,37H,22,24-25H2,1-2H3,(H,44,47)(H,45,48)/t37-/m0/s1. The molecule has 2 amide bonds. The van der Waals surface area contributed by atoms with Crippen molar-refractivity contribution in [3.63, 3.8) is 0 Å². The molecule has 0 saturated heterocycles. The summed E-state index contributed by atoms with van der Waals surface area (Å²) in [6.45, 7) is 2.10. The molecule has 0 aliphatic rings. The molecule has 0 bridgehead atoms. The number of carbonyl (C=O) groups excluding carboxylic acids is 3. The number of methoxy groups -OCH3 is 1. The van der Waals surface area contributed by atoms with Gasteiger partial charge in [0.1, 0.15) is 24.1 Å². The van der Waals surface area contributed by atoms with Crippen molar-refractivity contribution in [1.82, 2.24) is 14.6 Å². The van der Waals surface area contributed by atoms with E-state index in [1.807, 2.05) is 30.3 Å². The van der Waals surface area contributed by atoms with E-state index in [1.165, 1.54) is 23.8 Å². The van der Waals surface area contributed by atoms with Crippen molar-refractivity contribution in [3.8, 4) is 11.5 Å². The van der Waals surface area contributed by atoms with Crippen LogP contribution in [-0.2, 0) is 39.1 Å². The molecule has 2 N–H and O–H groups in total. The highest BCUT2D eigenvalue weighted by atomic mass is 79.9. The van der Waals surface area contributed by atoms with Gasteiger partial charge in [-0.25, -0.2) is 13.1 Å². The first-order valence-corrected chi connectivity index (χ1v) is 19.4. The van der Waals surface area contributed by atoms with Crippen LogP contribution in [0.15, 0.2) is 131 Å². The molecule has 0 spiro atoms. The van der Waals surface area contributed by atoms with Crippen LogP contribution in [-0.4, -0.2) is 43.9 Å². The molecule has 0 fully saturated rings. The van der Waals surface area contributed by atoms with Crippen LogP contribution in [0, 0.1) is 6.92 Å². The Morgan fingerprint density at radius 2 is 1.50 bits per heavy atom. The minimum Gasteiger partial charge on any atom is -0.497 e. The quantitative estimate of drug-likeness (QED) is 0.124. The Balaban J connectivity index is 1.27. The molecule has 10 nitrogen and oxygen atoms in total. The van der Waals surface area contributed by atoms with Gasteiger partial charge in [0.25, 0.3) is 21.8 Å². The number of fused-ring (bicyclic) bond motifs is 1. The second-order valence-electron chi connectivity index (χ2n) is 12.4. The fraction of sp³-hybridized carbons (Fsp3) is 0.146. The number of sulfonamides is 1. The largest absolute Gasteiger partial charge is 0.497 e. The van der Waals surface area contributed by atoms with Gasteiger partial charge < -0.3 is 14.8 Å². The number of amides is 2. The summed E-state index contributed by atoms with van der Waals surface area (Å²) in [6, 6.07) is 32.9. The third-order valence-electron chi connectivity index (χ3n) is 8.80. The zero-order chi connectivity index (χ0) is 38.4. The number of nitrogens with one attached hydrogen (secondary N) is 2. The minimum atomic E-state index is -4.28. The van der Waals surface area contributed by atoms with Crippen LogP contribution in [0.1, 0.15) is 32.7 Å². The normalized spacial score (nSPS) is 11.9. The number of rotatable bonds is 13. The molecule has 1 aromatic heterocycles. The first kappa shape index (κ1) is 38.3. The molecule has 0 aliphatic carbocycles. The van der Waals surface area contributed by atoms with Crippen LogP contribution >= 0.6 is 27.5 Å². The van der Waals surface area contributed by atoms with Crippen molar-refractivity contribution in [2.45, 2.75) is 37.3 Å². The molecule has 54 heavy (non-hydrogen) atoms. The molecule has 0 unspecified atom stereocenters. The summed E-state index contributed by atoms with van der Waals surface area (Å²) in [5.41, 5.74) is 3.64. The number of benzene rings is 5. The molecule has 1 heterocycles. The molecule has 0 radical (unpaired) electrons. The van der Waals surface area contributed by atoms with Gasteiger partial charge in [0.05, 0.1) is 23.9 Å². The molecule has 6 aromatic rings. The van der Waals surface area contributed by atoms with Gasteiger partial charge in [0.2, 0.25) is 5.91 Å². The van der Waals surface area contributed by atoms with Gasteiger partial charge in [-0.15, -0.1) is 0 Å². The van der Waals surface area contributed by atoms with E-state index in [4.69, 9.17) is 21.1 Å². The van der Waals surface area contributed by atoms with Crippen molar-refractivity contribution in [2.24, 2.45) is 0 Å². The zero-order valence-corrected chi connectivity index (χ0v) is 32.4. The molecular formula is C41H35BrClN3O7S. The maximum Gasteiger partial charge on any atom is 0.264 e. The average Bonchev–Trinajstić information content (AvgIpc) is 3.43. The minimum absolute atomic E-state index is 0.0317. The summed E-state index contributed by atoms with van der Waals surface area (Å²) in [6.07, 6.45) is -0.262. The van der Waals surface area contributed by atoms with Crippen LogP contribution in [0.3, 0.4) is 0 Å². The smallest absolute Gasteiger partial charge is 0.264 e. The van der Waals surface area contributed by atoms with E-state index in [2.05, 4.69) is 26.0 Å². The second-order valence-corrected chi connectivity index (χ2v) is 15.5. The van der Waals surface area contributed by atoms with E-state index in [0.29, 0.717) is 60.9 Å². The lowest BCUT2D eigenvalue weighted by molar-refractivity contribution is -0.127. The monoisotopic (exact) mass is 827 g/mol. The van der Waals surface area contributed by atoms with Crippen LogP contribution in [0.2, 0.25) is 5.02 Å². The van der Waals surface area contributed by atoms with Crippen molar-refractivity contribution < 1.29 is 32.3 Å². The predicted octanol–water partition coefficient (Wildman–Crippen LogP) is 7.42. The highest BCUT2D eigenvalue weighted by Gasteiger charge is 2.28. The van der Waals surface area contributed by atoms with Gasteiger partial charge in [0, 0.05) is 32.6 Å². The van der Waals surface area contributed by atoms with E-state index < -0.39 is 27.9 Å². The van der Waals surface area contributed by atoms with Crippen LogP contribution < -0.4 is 19.5 Å². The fourth-order valence-corrected chi connectivity index (χ4v) is 7.40. The molecule has 6 rings (SSSR count). The van der Waals surface area contributed by atoms with Gasteiger partial charge in [-0.2, -0.15) is 0 Å². The summed E-state index contributed by atoms with van der Waals surface area (Å²) in [5, 5.41) is 3.85. The zero-order valence-electron chi connectivity index (χ0n) is 29.2. The number of ether oxygens (including phenoxy) is 2. The predicted molar refractivity (Wildman–Crippen MR) is 210 cm³/mol. The highest BCUT2D eigenvalue weighted by Crippen LogP contribution is 2.31. The van der Waals surface area contributed by atoms with Gasteiger partial charge in [0.15, 0.2) is 0 Å². The molecule has 276 valence electrons. The average molecular weight is 829 g/mol. The van der Waals surface area contributed by atoms with E-state index in [1.54, 1.807) is 85.8 Å². The van der Waals surface area contributed by atoms with E-state index in [-0.39, 0.29) is 23.6 Å². The Hall–Kier alpha value is -5.43. The lowest BCUT2D eigenvalue weighted by Gasteiger charge is -2.19. The Bertz CT molecular complexity index is 2420. The van der Waals surface area contributed by atoms with Crippen molar-refractivity contribution in [3.05, 3.63) is 159 Å². The van der Waals surface area contributed by atoms with Crippen LogP contribution in [0.4, 0.5) is 0 Å². The van der Waals surface area contributed by atoms with Gasteiger partial charge >= 0.3 is 0 Å². The Morgan fingerprint density at radius 1 is 0.833 bits per heavy atom. The lowest BCUT2D eigenvalue weighted by Crippen LogP contribution is -2.49. The Labute approximate surface area is 326 Å². The van der Waals surface area contributed by atoms with Crippen molar-refractivity contribution in [2.75, 3.05) is 7.11 Å². The highest BCUT2D eigenvalue weighted by molar-refractivity contribution is 9.10. The van der Waals surface area contributed by atoms with E-state index in [9.17, 15) is 22.8 Å². The van der Waals surface area contributed by atoms with Crippen LogP contribution in [0.5, 0.6) is 11.5 Å². The van der Waals surface area contributed by atoms with E-state index >= 15 is 0 Å². The van der Waals surface area contributed by atoms with Crippen molar-refractivity contribution >= 4 is 66.2 Å². The second kappa shape index (κ2) is 16.7. The third kappa shape index (κ3) is 9.02. The fourth-order valence-electron chi connectivity index (χ4n) is 5.99. The van der Waals surface area contributed by atoms with Crippen molar-refractivity contribution in [1.29, 1.82) is 0 Å². The summed E-state index contributed by atoms with van der Waals surface area (Å²) in [4.78, 5) is 41.3. The van der Waals surface area contributed by atoms with Crippen LogP contribution in [0.25, 0.3) is 10.9 Å². The lowest BCUT2D eigenvalue weighted by atomic mass is 10.0. The SMILES string of the molecule is COc1ccc2c(c1)c(CC(=O)N[C@@H](Cc1ccc(OCc3ccccc3)cc1)C(=O)NS(=O)(=O)c1ccc(Br)cc1)c(C)n2C(=O)c1ccc(Cl)cc1. The number of hydrogen-bond acceptors (Lipinski definition) is 7. The summed E-state index contributed by atoms with van der Waals surface area (Å²) in [5.74, 6) is -0.692. The molecular weight excluding hydrogens is 794 g/mol. The third-order valence-corrected chi connectivity index (χ3v) is 10.9. The Kier molecular flexibility index (Phi) is 11.9. The topological polar surface area (TPSA) is 133 Å².